The highest BCUT2D eigenvalue weighted by atomic mass is 16.3. The summed E-state index contributed by atoms with van der Waals surface area (Å²) in [4.78, 5) is 9.89. The van der Waals surface area contributed by atoms with Crippen LogP contribution in [-0.4, -0.2) is 34.3 Å². The van der Waals surface area contributed by atoms with Gasteiger partial charge in [0.2, 0.25) is 0 Å². The Balaban J connectivity index is 2.16. The normalized spacial score (nSPS) is 22.2. The van der Waals surface area contributed by atoms with E-state index in [1.807, 2.05) is 4.90 Å². The molecule has 1 aromatic heterocycles. The van der Waals surface area contributed by atoms with E-state index in [9.17, 15) is 5.11 Å². The topological polar surface area (TPSA) is 75.3 Å². The predicted molar refractivity (Wildman–Crippen MR) is 49.3 cm³/mol. The number of nitrogen functional groups attached to an aromatic ring is 1. The molecule has 1 aliphatic rings. The maximum absolute atomic E-state index is 9.31. The Morgan fingerprint density at radius 2 is 2.38 bits per heavy atom. The molecule has 1 aliphatic heterocycles. The fourth-order valence-corrected chi connectivity index (χ4v) is 1.48. The summed E-state index contributed by atoms with van der Waals surface area (Å²) < 4.78 is 0. The van der Waals surface area contributed by atoms with Gasteiger partial charge in [-0.15, -0.1) is 0 Å². The zero-order valence-corrected chi connectivity index (χ0v) is 7.22. The van der Waals surface area contributed by atoms with Crippen molar-refractivity contribution < 1.29 is 5.11 Å². The number of nitrogens with two attached hydrogens (primary N) is 1. The van der Waals surface area contributed by atoms with Crippen molar-refractivity contribution in [1.82, 2.24) is 9.97 Å². The first-order valence-electron chi connectivity index (χ1n) is 4.26. The lowest BCUT2D eigenvalue weighted by Gasteiger charge is -2.15. The minimum absolute atomic E-state index is 0.240. The first kappa shape index (κ1) is 8.25. The Kier molecular flexibility index (Phi) is 2.02. The van der Waals surface area contributed by atoms with Crippen LogP contribution in [0.4, 0.5) is 11.6 Å². The molecule has 0 saturated carbocycles. The summed E-state index contributed by atoms with van der Waals surface area (Å²) in [5.74, 6) is 1.26. The molecule has 3 N–H and O–H groups in total. The quantitative estimate of drug-likeness (QED) is 0.616. The summed E-state index contributed by atoms with van der Waals surface area (Å²) in [5, 5.41) is 9.31. The number of hydrogen-bond acceptors (Lipinski definition) is 5. The summed E-state index contributed by atoms with van der Waals surface area (Å²) >= 11 is 0. The van der Waals surface area contributed by atoms with Gasteiger partial charge in [-0.25, -0.2) is 9.97 Å². The molecule has 0 radical (unpaired) electrons. The van der Waals surface area contributed by atoms with Gasteiger partial charge in [0.15, 0.2) is 0 Å². The Hall–Kier alpha value is -1.36. The van der Waals surface area contributed by atoms with Crippen LogP contribution >= 0.6 is 0 Å². The van der Waals surface area contributed by atoms with E-state index in [0.717, 1.165) is 18.8 Å². The molecule has 0 bridgehead atoms. The van der Waals surface area contributed by atoms with Gasteiger partial charge in [0.05, 0.1) is 6.10 Å². The third-order valence-corrected chi connectivity index (χ3v) is 2.16. The number of aliphatic hydroxyl groups is 1. The molecule has 70 valence electrons. The van der Waals surface area contributed by atoms with Gasteiger partial charge in [-0.3, -0.25) is 0 Å². The third kappa shape index (κ3) is 1.70. The van der Waals surface area contributed by atoms with E-state index in [1.165, 1.54) is 6.33 Å². The van der Waals surface area contributed by atoms with Gasteiger partial charge < -0.3 is 15.7 Å². The molecule has 1 saturated heterocycles. The average molecular weight is 180 g/mol. The molecule has 1 fully saturated rings. The fraction of sp³-hybridized carbons (Fsp3) is 0.500. The Morgan fingerprint density at radius 1 is 1.54 bits per heavy atom. The molecule has 1 atom stereocenters. The van der Waals surface area contributed by atoms with Crippen molar-refractivity contribution in [3.63, 3.8) is 0 Å². The monoisotopic (exact) mass is 180 g/mol. The summed E-state index contributed by atoms with van der Waals surface area (Å²) in [7, 11) is 0. The van der Waals surface area contributed by atoms with Crippen molar-refractivity contribution in [3.8, 4) is 0 Å². The molecular formula is C8H12N4O. The van der Waals surface area contributed by atoms with Gasteiger partial charge >= 0.3 is 0 Å². The summed E-state index contributed by atoms with van der Waals surface area (Å²) in [6.07, 6.45) is 2.00. The third-order valence-electron chi connectivity index (χ3n) is 2.16. The first-order chi connectivity index (χ1) is 6.25. The number of aromatic nitrogens is 2. The Bertz CT molecular complexity index is 304. The van der Waals surface area contributed by atoms with Gasteiger partial charge in [-0.05, 0) is 6.42 Å². The molecule has 0 aliphatic carbocycles. The van der Waals surface area contributed by atoms with E-state index in [-0.39, 0.29) is 6.10 Å². The van der Waals surface area contributed by atoms with Gasteiger partial charge in [-0.1, -0.05) is 0 Å². The lowest BCUT2D eigenvalue weighted by atomic mass is 10.3. The van der Waals surface area contributed by atoms with Crippen LogP contribution in [0.25, 0.3) is 0 Å². The minimum atomic E-state index is -0.240. The summed E-state index contributed by atoms with van der Waals surface area (Å²) in [6.45, 7) is 1.47. The second-order valence-corrected chi connectivity index (χ2v) is 3.19. The minimum Gasteiger partial charge on any atom is -0.391 e. The maximum atomic E-state index is 9.31. The zero-order chi connectivity index (χ0) is 9.26. The Morgan fingerprint density at radius 3 is 3.00 bits per heavy atom. The number of aliphatic hydroxyl groups excluding tert-OH is 1. The van der Waals surface area contributed by atoms with E-state index in [4.69, 9.17) is 5.73 Å². The largest absolute Gasteiger partial charge is 0.391 e. The average Bonchev–Trinajstić information content (AvgIpc) is 2.52. The van der Waals surface area contributed by atoms with Crippen molar-refractivity contribution in [2.45, 2.75) is 12.5 Å². The van der Waals surface area contributed by atoms with Crippen molar-refractivity contribution in [2.24, 2.45) is 0 Å². The van der Waals surface area contributed by atoms with Crippen LogP contribution in [0.2, 0.25) is 0 Å². The second kappa shape index (κ2) is 3.18. The lowest BCUT2D eigenvalue weighted by Crippen LogP contribution is -2.22. The fourth-order valence-electron chi connectivity index (χ4n) is 1.48. The highest BCUT2D eigenvalue weighted by Gasteiger charge is 2.21. The number of anilines is 2. The SMILES string of the molecule is Nc1cc(N2CC[C@H](O)C2)ncn1. The maximum Gasteiger partial charge on any atom is 0.134 e. The van der Waals surface area contributed by atoms with Crippen LogP contribution in [0.3, 0.4) is 0 Å². The molecule has 0 unspecified atom stereocenters. The molecule has 1 aromatic rings. The smallest absolute Gasteiger partial charge is 0.134 e. The van der Waals surface area contributed by atoms with E-state index < -0.39 is 0 Å². The number of β-amino-alcohol motifs (C(OH)–C–C–N with tert-alkyl or cyclic N) is 1. The molecule has 5 heteroatoms. The van der Waals surface area contributed by atoms with E-state index in [0.29, 0.717) is 12.4 Å². The van der Waals surface area contributed by atoms with Crippen molar-refractivity contribution >= 4 is 11.6 Å². The van der Waals surface area contributed by atoms with E-state index in [1.54, 1.807) is 6.07 Å². The lowest BCUT2D eigenvalue weighted by molar-refractivity contribution is 0.198. The van der Waals surface area contributed by atoms with E-state index >= 15 is 0 Å². The van der Waals surface area contributed by atoms with Crippen molar-refractivity contribution in [1.29, 1.82) is 0 Å². The van der Waals surface area contributed by atoms with Crippen LogP contribution in [0.15, 0.2) is 12.4 Å². The van der Waals surface area contributed by atoms with Crippen LogP contribution in [0.5, 0.6) is 0 Å². The number of rotatable bonds is 1. The van der Waals surface area contributed by atoms with Gasteiger partial charge in [0, 0.05) is 19.2 Å². The molecule has 2 rings (SSSR count). The van der Waals surface area contributed by atoms with Crippen molar-refractivity contribution in [2.75, 3.05) is 23.7 Å². The van der Waals surface area contributed by atoms with Crippen LogP contribution in [0, 0.1) is 0 Å². The van der Waals surface area contributed by atoms with Crippen LogP contribution in [-0.2, 0) is 0 Å². The zero-order valence-electron chi connectivity index (χ0n) is 7.22. The molecular weight excluding hydrogens is 168 g/mol. The number of nitrogens with zero attached hydrogens (tertiary/aromatic N) is 3. The van der Waals surface area contributed by atoms with Crippen LogP contribution in [0.1, 0.15) is 6.42 Å². The summed E-state index contributed by atoms with van der Waals surface area (Å²) in [5.41, 5.74) is 5.52. The Labute approximate surface area is 76.2 Å². The van der Waals surface area contributed by atoms with E-state index in [2.05, 4.69) is 9.97 Å². The molecule has 5 nitrogen and oxygen atoms in total. The van der Waals surface area contributed by atoms with Crippen molar-refractivity contribution in [3.05, 3.63) is 12.4 Å². The van der Waals surface area contributed by atoms with Gasteiger partial charge in [0.1, 0.15) is 18.0 Å². The highest BCUT2D eigenvalue weighted by Crippen LogP contribution is 2.18. The predicted octanol–water partition coefficient (Wildman–Crippen LogP) is -0.370. The molecule has 13 heavy (non-hydrogen) atoms. The summed E-state index contributed by atoms with van der Waals surface area (Å²) in [6, 6.07) is 1.72. The molecule has 0 aromatic carbocycles. The van der Waals surface area contributed by atoms with Gasteiger partial charge in [-0.2, -0.15) is 0 Å². The standard InChI is InChI=1S/C8H12N4O/c9-7-3-8(11-5-10-7)12-2-1-6(13)4-12/h3,5-6,13H,1-2,4H2,(H2,9,10,11)/t6-/m0/s1. The highest BCUT2D eigenvalue weighted by molar-refractivity contribution is 5.46. The van der Waals surface area contributed by atoms with Crippen LogP contribution < -0.4 is 10.6 Å². The number of hydrogen-bond donors (Lipinski definition) is 2. The molecule has 0 spiro atoms. The second-order valence-electron chi connectivity index (χ2n) is 3.19. The van der Waals surface area contributed by atoms with Gasteiger partial charge in [0.25, 0.3) is 0 Å². The first-order valence-corrected chi connectivity index (χ1v) is 4.26. The molecule has 0 amide bonds. The molecule has 2 heterocycles.